The van der Waals surface area contributed by atoms with Gasteiger partial charge in [0.05, 0.1) is 6.61 Å². The third-order valence-electron chi connectivity index (χ3n) is 4.97. The SMILES string of the molecule is CCC(Pc1ccccc1CO)c1cc(C)cc(C)c1OCc1ccccc1. The third-order valence-corrected chi connectivity index (χ3v) is 6.84. The van der Waals surface area contributed by atoms with Gasteiger partial charge < -0.3 is 9.84 Å². The number of hydrogen-bond acceptors (Lipinski definition) is 2. The molecular formula is C25H29O2P. The summed E-state index contributed by atoms with van der Waals surface area (Å²) < 4.78 is 6.34. The van der Waals surface area contributed by atoms with Crippen molar-refractivity contribution in [2.75, 3.05) is 0 Å². The van der Waals surface area contributed by atoms with Crippen molar-refractivity contribution < 1.29 is 9.84 Å². The monoisotopic (exact) mass is 392 g/mol. The Morgan fingerprint density at radius 3 is 2.39 bits per heavy atom. The Kier molecular flexibility index (Phi) is 7.25. The van der Waals surface area contributed by atoms with Crippen molar-refractivity contribution in [3.63, 3.8) is 0 Å². The Labute approximate surface area is 170 Å². The van der Waals surface area contributed by atoms with Crippen LogP contribution < -0.4 is 10.0 Å². The fourth-order valence-corrected chi connectivity index (χ4v) is 5.05. The zero-order valence-corrected chi connectivity index (χ0v) is 17.9. The Balaban J connectivity index is 1.91. The van der Waals surface area contributed by atoms with Gasteiger partial charge in [-0.05, 0) is 42.3 Å². The lowest BCUT2D eigenvalue weighted by Crippen LogP contribution is -2.08. The molecule has 0 heterocycles. The number of hydrogen-bond donors (Lipinski definition) is 1. The normalized spacial score (nSPS) is 12.4. The van der Waals surface area contributed by atoms with Crippen LogP contribution in [0.1, 0.15) is 46.8 Å². The Bertz CT molecular complexity index is 906. The van der Waals surface area contributed by atoms with Crippen LogP contribution in [0, 0.1) is 13.8 Å². The molecule has 3 aromatic rings. The molecule has 0 aliphatic heterocycles. The second-order valence-corrected chi connectivity index (χ2v) is 8.72. The quantitative estimate of drug-likeness (QED) is 0.489. The maximum Gasteiger partial charge on any atom is 0.126 e. The lowest BCUT2D eigenvalue weighted by molar-refractivity contribution is 0.283. The third kappa shape index (κ3) is 5.01. The lowest BCUT2D eigenvalue weighted by Gasteiger charge is -2.23. The summed E-state index contributed by atoms with van der Waals surface area (Å²) in [5.74, 6) is 1.01. The number of benzene rings is 3. The van der Waals surface area contributed by atoms with Gasteiger partial charge in [0.2, 0.25) is 0 Å². The predicted molar refractivity (Wildman–Crippen MR) is 120 cm³/mol. The van der Waals surface area contributed by atoms with Crippen LogP contribution in [0.5, 0.6) is 5.75 Å². The number of aliphatic hydroxyl groups excluding tert-OH is 1. The average Bonchev–Trinajstić information content (AvgIpc) is 2.72. The standard InChI is InChI=1S/C25H29O2P/c1-4-23(28-24-13-9-8-12-21(24)16-26)22-15-18(2)14-19(3)25(22)27-17-20-10-6-5-7-11-20/h5-15,23,26,28H,4,16-17H2,1-3H3. The van der Waals surface area contributed by atoms with Gasteiger partial charge in [0.25, 0.3) is 0 Å². The molecule has 3 rings (SSSR count). The van der Waals surface area contributed by atoms with E-state index in [1.54, 1.807) is 0 Å². The van der Waals surface area contributed by atoms with Gasteiger partial charge in [-0.15, -0.1) is 0 Å². The van der Waals surface area contributed by atoms with E-state index in [2.05, 4.69) is 57.2 Å². The van der Waals surface area contributed by atoms with E-state index in [9.17, 15) is 5.11 Å². The van der Waals surface area contributed by atoms with Gasteiger partial charge in [-0.25, -0.2) is 0 Å². The molecule has 1 N–H and O–H groups in total. The van der Waals surface area contributed by atoms with E-state index in [1.165, 1.54) is 27.6 Å². The van der Waals surface area contributed by atoms with Crippen molar-refractivity contribution in [1.82, 2.24) is 0 Å². The smallest absolute Gasteiger partial charge is 0.126 e. The first-order valence-corrected chi connectivity index (χ1v) is 10.9. The molecule has 0 aliphatic carbocycles. The van der Waals surface area contributed by atoms with E-state index in [4.69, 9.17) is 4.74 Å². The summed E-state index contributed by atoms with van der Waals surface area (Å²) >= 11 is 0. The molecular weight excluding hydrogens is 363 g/mol. The highest BCUT2D eigenvalue weighted by molar-refractivity contribution is 7.47. The first-order chi connectivity index (χ1) is 13.6. The van der Waals surface area contributed by atoms with Crippen LogP contribution in [0.4, 0.5) is 0 Å². The average molecular weight is 392 g/mol. The van der Waals surface area contributed by atoms with Gasteiger partial charge in [-0.1, -0.05) is 87.8 Å². The van der Waals surface area contributed by atoms with E-state index in [0.717, 1.165) is 17.7 Å². The van der Waals surface area contributed by atoms with Gasteiger partial charge in [-0.2, -0.15) is 0 Å². The minimum Gasteiger partial charge on any atom is -0.488 e. The molecule has 2 atom stereocenters. The molecule has 2 unspecified atom stereocenters. The van der Waals surface area contributed by atoms with E-state index in [-0.39, 0.29) is 6.61 Å². The lowest BCUT2D eigenvalue weighted by atomic mass is 10.0. The minimum absolute atomic E-state index is 0.0871. The molecule has 0 saturated carbocycles. The maximum absolute atomic E-state index is 9.71. The fraction of sp³-hybridized carbons (Fsp3) is 0.280. The van der Waals surface area contributed by atoms with Gasteiger partial charge >= 0.3 is 0 Å². The van der Waals surface area contributed by atoms with Gasteiger partial charge in [0, 0.05) is 11.2 Å². The van der Waals surface area contributed by atoms with Crippen LogP contribution in [0.25, 0.3) is 0 Å². The van der Waals surface area contributed by atoms with Crippen LogP contribution in [-0.4, -0.2) is 5.11 Å². The molecule has 0 saturated heterocycles. The molecule has 0 spiro atoms. The number of aliphatic hydroxyl groups is 1. The van der Waals surface area contributed by atoms with Crippen LogP contribution in [0.2, 0.25) is 0 Å². The summed E-state index contributed by atoms with van der Waals surface area (Å²) in [7, 11) is 0.599. The van der Waals surface area contributed by atoms with Crippen molar-refractivity contribution in [3.8, 4) is 5.75 Å². The van der Waals surface area contributed by atoms with Gasteiger partial charge in [0.1, 0.15) is 12.4 Å². The predicted octanol–water partition coefficient (Wildman–Crippen LogP) is 5.83. The number of rotatable bonds is 8. The summed E-state index contributed by atoms with van der Waals surface area (Å²) in [6.45, 7) is 7.18. The summed E-state index contributed by atoms with van der Waals surface area (Å²) in [6.07, 6.45) is 1.03. The summed E-state index contributed by atoms with van der Waals surface area (Å²) in [5.41, 5.74) is 6.30. The minimum atomic E-state index is 0.0871. The number of ether oxygens (including phenoxy) is 1. The van der Waals surface area contributed by atoms with Crippen LogP contribution in [0.3, 0.4) is 0 Å². The summed E-state index contributed by atoms with van der Waals surface area (Å²) in [5, 5.41) is 10.9. The molecule has 0 radical (unpaired) electrons. The second-order valence-electron chi connectivity index (χ2n) is 7.19. The highest BCUT2D eigenvalue weighted by atomic mass is 31.1. The highest BCUT2D eigenvalue weighted by Gasteiger charge is 2.19. The van der Waals surface area contributed by atoms with Crippen molar-refractivity contribution >= 4 is 13.9 Å². The topological polar surface area (TPSA) is 29.5 Å². The van der Waals surface area contributed by atoms with Crippen molar-refractivity contribution in [2.24, 2.45) is 0 Å². The Morgan fingerprint density at radius 2 is 1.68 bits per heavy atom. The molecule has 28 heavy (non-hydrogen) atoms. The van der Waals surface area contributed by atoms with E-state index < -0.39 is 0 Å². The largest absolute Gasteiger partial charge is 0.488 e. The molecule has 3 aromatic carbocycles. The molecule has 0 bridgehead atoms. The molecule has 0 aromatic heterocycles. The molecule has 146 valence electrons. The molecule has 2 nitrogen and oxygen atoms in total. The van der Waals surface area contributed by atoms with Crippen molar-refractivity contribution in [2.45, 2.75) is 46.1 Å². The van der Waals surface area contributed by atoms with E-state index in [0.29, 0.717) is 20.8 Å². The Morgan fingerprint density at radius 1 is 0.964 bits per heavy atom. The zero-order valence-electron chi connectivity index (χ0n) is 16.9. The highest BCUT2D eigenvalue weighted by Crippen LogP contribution is 2.43. The molecule has 0 aliphatic rings. The molecule has 0 amide bonds. The van der Waals surface area contributed by atoms with Crippen molar-refractivity contribution in [1.29, 1.82) is 0 Å². The van der Waals surface area contributed by atoms with E-state index in [1.807, 2.05) is 30.3 Å². The number of aryl methyl sites for hydroxylation is 2. The zero-order chi connectivity index (χ0) is 19.9. The van der Waals surface area contributed by atoms with Crippen LogP contribution in [0.15, 0.2) is 66.7 Å². The van der Waals surface area contributed by atoms with Gasteiger partial charge in [0.15, 0.2) is 0 Å². The van der Waals surface area contributed by atoms with Gasteiger partial charge in [-0.3, -0.25) is 0 Å². The summed E-state index contributed by atoms with van der Waals surface area (Å²) in [4.78, 5) is 0. The maximum atomic E-state index is 9.71. The first kappa shape index (κ1) is 20.6. The van der Waals surface area contributed by atoms with Crippen LogP contribution in [-0.2, 0) is 13.2 Å². The second kappa shape index (κ2) is 9.87. The van der Waals surface area contributed by atoms with E-state index >= 15 is 0 Å². The van der Waals surface area contributed by atoms with Crippen LogP contribution >= 0.6 is 8.58 Å². The molecule has 0 fully saturated rings. The first-order valence-electron chi connectivity index (χ1n) is 9.85. The summed E-state index contributed by atoms with van der Waals surface area (Å²) in [6, 6.07) is 23.0. The van der Waals surface area contributed by atoms with Crippen molar-refractivity contribution in [3.05, 3.63) is 94.5 Å². The Hall–Kier alpha value is -2.15. The molecule has 3 heteroatoms. The fourth-order valence-electron chi connectivity index (χ4n) is 3.56.